The van der Waals surface area contributed by atoms with Crippen molar-refractivity contribution in [2.75, 3.05) is 0 Å². The van der Waals surface area contributed by atoms with Gasteiger partial charge in [0.05, 0.1) is 0 Å². The minimum Gasteiger partial charge on any atom is -0.0619 e. The molecule has 0 heterocycles. The Morgan fingerprint density at radius 1 is 0.500 bits per heavy atom. The molecule has 0 saturated heterocycles. The first-order chi connectivity index (χ1) is 9.84. The molecule has 0 atom stereocenters. The second kappa shape index (κ2) is 8.89. The van der Waals surface area contributed by atoms with Gasteiger partial charge in [-0.2, -0.15) is 0 Å². The molecule has 99 valence electrons. The fraction of sp³-hybridized carbons (Fsp3) is 0. The largest absolute Gasteiger partial charge is 0.158 e. The number of thiol groups is 1. The molecule has 0 unspecified atom stereocenters. The van der Waals surface area contributed by atoms with Crippen LogP contribution >= 0.6 is 0 Å². The maximum atomic E-state index is 2.15. The van der Waals surface area contributed by atoms with Crippen LogP contribution in [-0.2, 0) is 11.8 Å². The normalized spacial score (nSPS) is 9.45. The molecule has 0 bridgehead atoms. The fourth-order valence-electron chi connectivity index (χ4n) is 1.59. The molecule has 1 radical (unpaired) electrons. The van der Waals surface area contributed by atoms with Crippen molar-refractivity contribution in [3.8, 4) is 0 Å². The molecule has 3 aromatic rings. The van der Waals surface area contributed by atoms with Gasteiger partial charge in [0.1, 0.15) is 0 Å². The Morgan fingerprint density at radius 2 is 0.850 bits per heavy atom. The Kier molecular flexibility index (Phi) is 6.77. The monoisotopic (exact) mass is 386 g/mol. The summed E-state index contributed by atoms with van der Waals surface area (Å²) in [5, 5.41) is 0. The number of benzene rings is 3. The number of rotatable bonds is 2. The van der Waals surface area contributed by atoms with Gasteiger partial charge in [0.25, 0.3) is 0 Å². The van der Waals surface area contributed by atoms with E-state index in [1.807, 2.05) is 18.2 Å². The van der Waals surface area contributed by atoms with Gasteiger partial charge in [0.15, 0.2) is 9.79 Å². The van der Waals surface area contributed by atoms with Crippen LogP contribution in [0.1, 0.15) is 0 Å². The molecular formula is C18H17SSb+. The van der Waals surface area contributed by atoms with Crippen molar-refractivity contribution in [2.45, 2.75) is 9.79 Å². The van der Waals surface area contributed by atoms with Crippen LogP contribution in [0.25, 0.3) is 0 Å². The third-order valence-electron chi connectivity index (χ3n) is 2.54. The van der Waals surface area contributed by atoms with E-state index in [0.717, 1.165) is 0 Å². The molecule has 0 amide bonds. The third-order valence-corrected chi connectivity index (χ3v) is 4.61. The van der Waals surface area contributed by atoms with Crippen molar-refractivity contribution in [1.82, 2.24) is 0 Å². The summed E-state index contributed by atoms with van der Waals surface area (Å²) in [6, 6.07) is 31.4. The van der Waals surface area contributed by atoms with Gasteiger partial charge in [0, 0.05) is 11.8 Å². The third kappa shape index (κ3) is 5.86. The summed E-state index contributed by atoms with van der Waals surface area (Å²) in [6.07, 6.45) is 0. The summed E-state index contributed by atoms with van der Waals surface area (Å²) in [4.78, 5) is 2.68. The summed E-state index contributed by atoms with van der Waals surface area (Å²) in [5.74, 6) is 0. The van der Waals surface area contributed by atoms with Crippen molar-refractivity contribution in [3.05, 3.63) is 91.0 Å². The van der Waals surface area contributed by atoms with Gasteiger partial charge in [-0.15, -0.1) is 0 Å². The SMILES string of the molecule is [SbH][c]1ccccc1.c1ccc([SH+]c2ccccc2)cc1. The van der Waals surface area contributed by atoms with Crippen molar-refractivity contribution in [3.63, 3.8) is 0 Å². The molecule has 3 rings (SSSR count). The molecule has 20 heavy (non-hydrogen) atoms. The van der Waals surface area contributed by atoms with Crippen molar-refractivity contribution >= 4 is 38.3 Å². The van der Waals surface area contributed by atoms with E-state index in [9.17, 15) is 0 Å². The Hall–Kier alpha value is -1.17. The first kappa shape index (κ1) is 15.2. The van der Waals surface area contributed by atoms with Crippen molar-refractivity contribution in [1.29, 1.82) is 0 Å². The van der Waals surface area contributed by atoms with Crippen molar-refractivity contribution in [2.24, 2.45) is 0 Å². The van der Waals surface area contributed by atoms with Crippen LogP contribution in [0.2, 0.25) is 0 Å². The Bertz CT molecular complexity index is 557. The van der Waals surface area contributed by atoms with Crippen LogP contribution in [-0.4, -0.2) is 23.0 Å². The predicted molar refractivity (Wildman–Crippen MR) is 91.4 cm³/mol. The Balaban J connectivity index is 0.000000178. The first-order valence-corrected chi connectivity index (χ1v) is 8.75. The molecule has 2 heteroatoms. The minimum atomic E-state index is 1.28. The molecule has 0 saturated carbocycles. The van der Waals surface area contributed by atoms with E-state index < -0.39 is 0 Å². The summed E-state index contributed by atoms with van der Waals surface area (Å²) >= 11 is 2.78. The molecule has 0 spiro atoms. The average molecular weight is 387 g/mol. The van der Waals surface area contributed by atoms with E-state index in [-0.39, 0.29) is 0 Å². The van der Waals surface area contributed by atoms with Gasteiger partial charge in [-0.1, -0.05) is 36.4 Å². The quantitative estimate of drug-likeness (QED) is 0.360. The van der Waals surface area contributed by atoms with E-state index in [1.54, 1.807) is 0 Å². The predicted octanol–water partition coefficient (Wildman–Crippen LogP) is 3.13. The number of hydrogen-bond donors (Lipinski definition) is 0. The average Bonchev–Trinajstić information content (AvgIpc) is 2.51. The first-order valence-electron chi connectivity index (χ1n) is 6.43. The zero-order valence-corrected chi connectivity index (χ0v) is 14.9. The van der Waals surface area contributed by atoms with Crippen LogP contribution in [0.5, 0.6) is 0 Å². The zero-order chi connectivity index (χ0) is 14.0. The maximum absolute atomic E-state index is 2.15. The summed E-state index contributed by atoms with van der Waals surface area (Å²) < 4.78 is 1.41. The molecular weight excluding hydrogens is 370 g/mol. The molecule has 3 aromatic carbocycles. The van der Waals surface area contributed by atoms with Gasteiger partial charge < -0.3 is 0 Å². The number of hydrogen-bond acceptors (Lipinski definition) is 0. The maximum Gasteiger partial charge on any atom is 0.158 e. The minimum absolute atomic E-state index is 1.28. The van der Waals surface area contributed by atoms with E-state index >= 15 is 0 Å². The van der Waals surface area contributed by atoms with Crippen LogP contribution in [0, 0.1) is 0 Å². The molecule has 0 aliphatic heterocycles. The Labute approximate surface area is 138 Å². The topological polar surface area (TPSA) is 0 Å². The molecule has 0 aliphatic carbocycles. The van der Waals surface area contributed by atoms with E-state index in [1.165, 1.54) is 48.1 Å². The second-order valence-electron chi connectivity index (χ2n) is 4.15. The van der Waals surface area contributed by atoms with Gasteiger partial charge in [-0.05, 0) is 24.3 Å². The second-order valence-corrected chi connectivity index (χ2v) is 7.05. The van der Waals surface area contributed by atoms with Gasteiger partial charge in [-0.3, -0.25) is 0 Å². The standard InChI is InChI=1S/C12H10S.C6H5.Sb.H/c1-3-7-11(8-4-1)13-12-9-5-2-6-10-12;1-2-4-6-5-3-1;;/h1-10H;1-5H;;/p+1. The molecule has 0 nitrogen and oxygen atoms in total. The van der Waals surface area contributed by atoms with Crippen LogP contribution in [0.15, 0.2) is 101 Å². The van der Waals surface area contributed by atoms with Crippen LogP contribution in [0.3, 0.4) is 0 Å². The summed E-state index contributed by atoms with van der Waals surface area (Å²) in [6.45, 7) is 0. The van der Waals surface area contributed by atoms with Crippen LogP contribution < -0.4 is 3.51 Å². The van der Waals surface area contributed by atoms with E-state index in [2.05, 4.69) is 72.8 Å². The molecule has 0 aliphatic rings. The molecule has 0 N–H and O–H groups in total. The van der Waals surface area contributed by atoms with Gasteiger partial charge >= 0.3 is 56.9 Å². The van der Waals surface area contributed by atoms with Gasteiger partial charge in [0.2, 0.25) is 0 Å². The summed E-state index contributed by atoms with van der Waals surface area (Å²) in [7, 11) is 0. The molecule has 0 fully saturated rings. The van der Waals surface area contributed by atoms with E-state index in [4.69, 9.17) is 0 Å². The van der Waals surface area contributed by atoms with Crippen molar-refractivity contribution < 1.29 is 0 Å². The van der Waals surface area contributed by atoms with Gasteiger partial charge in [-0.25, -0.2) is 0 Å². The fourth-order valence-corrected chi connectivity index (χ4v) is 3.08. The smallest absolute Gasteiger partial charge is 0.0619 e. The molecule has 0 aromatic heterocycles. The summed E-state index contributed by atoms with van der Waals surface area (Å²) in [5.41, 5.74) is 0. The van der Waals surface area contributed by atoms with Crippen LogP contribution in [0.4, 0.5) is 0 Å². The van der Waals surface area contributed by atoms with E-state index in [0.29, 0.717) is 0 Å². The zero-order valence-electron chi connectivity index (χ0n) is 11.1. The Morgan fingerprint density at radius 3 is 1.15 bits per heavy atom.